The maximum atomic E-state index is 13.3. The molecule has 0 aromatic carbocycles. The SMILES string of the molecule is CCCCCCCCC/C=C/C=C/CCCCCC(=O)OC(CCCCCCCCCCCCCCCCCCC)CC(=O)NC(CO)C(O)CCCCCCCCCCCCCCCCCCC. The van der Waals surface area contributed by atoms with Gasteiger partial charge in [-0.2, -0.15) is 0 Å². The summed E-state index contributed by atoms with van der Waals surface area (Å²) < 4.78 is 5.97. The van der Waals surface area contributed by atoms with Crippen LogP contribution >= 0.6 is 0 Å². The molecule has 0 heterocycles. The Hall–Kier alpha value is -1.66. The van der Waals surface area contributed by atoms with E-state index in [-0.39, 0.29) is 24.9 Å². The summed E-state index contributed by atoms with van der Waals surface area (Å²) in [4.78, 5) is 26.3. The second kappa shape index (κ2) is 57.2. The van der Waals surface area contributed by atoms with E-state index in [2.05, 4.69) is 50.4 Å². The third kappa shape index (κ3) is 52.5. The van der Waals surface area contributed by atoms with Crippen LogP contribution in [0.15, 0.2) is 24.3 Å². The largest absolute Gasteiger partial charge is 0.462 e. The summed E-state index contributed by atoms with van der Waals surface area (Å²) in [6.07, 6.45) is 68.2. The van der Waals surface area contributed by atoms with Crippen molar-refractivity contribution in [2.24, 2.45) is 0 Å². The third-order valence-corrected chi connectivity index (χ3v) is 14.6. The van der Waals surface area contributed by atoms with Gasteiger partial charge in [0.05, 0.1) is 25.2 Å². The Bertz CT molecular complexity index is 1090. The zero-order chi connectivity index (χ0) is 50.2. The lowest BCUT2D eigenvalue weighted by Crippen LogP contribution is -2.46. The molecule has 69 heavy (non-hydrogen) atoms. The summed E-state index contributed by atoms with van der Waals surface area (Å²) in [5.41, 5.74) is 0. The van der Waals surface area contributed by atoms with Crippen molar-refractivity contribution in [3.8, 4) is 0 Å². The van der Waals surface area contributed by atoms with Crippen molar-refractivity contribution >= 4 is 11.9 Å². The van der Waals surface area contributed by atoms with Gasteiger partial charge in [0.2, 0.25) is 5.91 Å². The lowest BCUT2D eigenvalue weighted by atomic mass is 10.0. The number of rotatable bonds is 57. The molecular formula is C63H121NO5. The first kappa shape index (κ1) is 67.3. The molecule has 0 saturated heterocycles. The van der Waals surface area contributed by atoms with Crippen LogP contribution < -0.4 is 5.32 Å². The van der Waals surface area contributed by atoms with Crippen LogP contribution in [0.3, 0.4) is 0 Å². The number of hydrogen-bond donors (Lipinski definition) is 3. The molecule has 408 valence electrons. The molecule has 0 aliphatic carbocycles. The molecule has 3 unspecified atom stereocenters. The van der Waals surface area contributed by atoms with E-state index in [9.17, 15) is 19.8 Å². The van der Waals surface area contributed by atoms with Crippen LogP contribution in [-0.4, -0.2) is 46.9 Å². The van der Waals surface area contributed by atoms with Crippen LogP contribution in [0.5, 0.6) is 0 Å². The number of allylic oxidation sites excluding steroid dienone is 4. The van der Waals surface area contributed by atoms with Crippen LogP contribution in [-0.2, 0) is 14.3 Å². The topological polar surface area (TPSA) is 95.9 Å². The van der Waals surface area contributed by atoms with E-state index in [1.54, 1.807) is 0 Å². The Balaban J connectivity index is 4.53. The maximum absolute atomic E-state index is 13.3. The van der Waals surface area contributed by atoms with Crippen molar-refractivity contribution in [3.63, 3.8) is 0 Å². The Morgan fingerprint density at radius 3 is 1.07 bits per heavy atom. The molecule has 0 spiro atoms. The fourth-order valence-corrected chi connectivity index (χ4v) is 9.84. The number of carbonyl (C=O) groups excluding carboxylic acids is 2. The van der Waals surface area contributed by atoms with Gasteiger partial charge >= 0.3 is 5.97 Å². The van der Waals surface area contributed by atoms with Crippen LogP contribution in [0.1, 0.15) is 342 Å². The van der Waals surface area contributed by atoms with E-state index in [1.165, 1.54) is 238 Å². The Morgan fingerprint density at radius 1 is 0.420 bits per heavy atom. The van der Waals surface area contributed by atoms with Crippen LogP contribution in [0.25, 0.3) is 0 Å². The lowest BCUT2D eigenvalue weighted by molar-refractivity contribution is -0.151. The predicted octanol–water partition coefficient (Wildman–Crippen LogP) is 19.4. The first-order valence-electron chi connectivity index (χ1n) is 31.1. The van der Waals surface area contributed by atoms with Crippen molar-refractivity contribution in [3.05, 3.63) is 24.3 Å². The number of nitrogens with one attached hydrogen (secondary N) is 1. The number of esters is 1. The second-order valence-electron chi connectivity index (χ2n) is 21.5. The molecule has 6 heteroatoms. The lowest BCUT2D eigenvalue weighted by Gasteiger charge is -2.24. The molecule has 6 nitrogen and oxygen atoms in total. The number of unbranched alkanes of at least 4 members (excludes halogenated alkanes) is 42. The molecule has 0 bridgehead atoms. The molecular weight excluding hydrogens is 851 g/mol. The van der Waals surface area contributed by atoms with E-state index in [1.807, 2.05) is 0 Å². The maximum Gasteiger partial charge on any atom is 0.306 e. The van der Waals surface area contributed by atoms with Crippen LogP contribution in [0, 0.1) is 0 Å². The van der Waals surface area contributed by atoms with Crippen molar-refractivity contribution in [2.45, 2.75) is 360 Å². The summed E-state index contributed by atoms with van der Waals surface area (Å²) in [6, 6.07) is -0.704. The Labute approximate surface area is 431 Å². The fourth-order valence-electron chi connectivity index (χ4n) is 9.84. The summed E-state index contributed by atoms with van der Waals surface area (Å²) in [5.74, 6) is -0.482. The van der Waals surface area contributed by atoms with Gasteiger partial charge in [-0.3, -0.25) is 9.59 Å². The molecule has 0 aliphatic rings. The van der Waals surface area contributed by atoms with Crippen molar-refractivity contribution in [1.29, 1.82) is 0 Å². The smallest absolute Gasteiger partial charge is 0.306 e. The number of aliphatic hydroxyl groups excluding tert-OH is 2. The molecule has 1 amide bonds. The fraction of sp³-hybridized carbons (Fsp3) is 0.905. The summed E-state index contributed by atoms with van der Waals surface area (Å²) in [7, 11) is 0. The number of amides is 1. The van der Waals surface area contributed by atoms with Crippen molar-refractivity contribution < 1.29 is 24.5 Å². The van der Waals surface area contributed by atoms with Gasteiger partial charge in [0.15, 0.2) is 0 Å². The average molecular weight is 973 g/mol. The van der Waals surface area contributed by atoms with E-state index < -0.39 is 18.2 Å². The highest BCUT2D eigenvalue weighted by atomic mass is 16.5. The zero-order valence-electron chi connectivity index (χ0n) is 46.7. The Kier molecular flexibility index (Phi) is 55.9. The number of aliphatic hydroxyl groups is 2. The average Bonchev–Trinajstić information content (AvgIpc) is 3.34. The minimum Gasteiger partial charge on any atom is -0.462 e. The number of hydrogen-bond acceptors (Lipinski definition) is 5. The third-order valence-electron chi connectivity index (χ3n) is 14.6. The van der Waals surface area contributed by atoms with Gasteiger partial charge in [0, 0.05) is 6.42 Å². The normalized spacial score (nSPS) is 13.2. The van der Waals surface area contributed by atoms with Gasteiger partial charge in [-0.1, -0.05) is 302 Å². The quantitative estimate of drug-likeness (QED) is 0.0321. The van der Waals surface area contributed by atoms with Crippen LogP contribution in [0.4, 0.5) is 0 Å². The molecule has 3 atom stereocenters. The summed E-state index contributed by atoms with van der Waals surface area (Å²) in [5, 5.41) is 24.0. The predicted molar refractivity (Wildman–Crippen MR) is 301 cm³/mol. The minimum atomic E-state index is -0.790. The molecule has 0 fully saturated rings. The molecule has 3 N–H and O–H groups in total. The molecule has 0 aromatic rings. The van der Waals surface area contributed by atoms with Gasteiger partial charge in [-0.15, -0.1) is 0 Å². The molecule has 0 saturated carbocycles. The standard InChI is InChI=1S/C63H121NO5/c1-4-7-10-13-16-19-22-25-28-31-33-36-39-42-45-48-51-54-59(69-63(68)56-53-50-47-44-41-38-35-30-27-24-21-18-15-12-9-6-3)57-62(67)64-60(58-65)61(66)55-52-49-46-43-40-37-34-32-29-26-23-20-17-14-11-8-5-2/h30,35,38,41,59-61,65-66H,4-29,31-34,36-37,39-40,42-58H2,1-3H3,(H,64,67)/b35-30+,41-38+. The number of ether oxygens (including phenoxy) is 1. The van der Waals surface area contributed by atoms with Crippen molar-refractivity contribution in [1.82, 2.24) is 5.32 Å². The Morgan fingerprint density at radius 2 is 0.725 bits per heavy atom. The van der Waals surface area contributed by atoms with Crippen LogP contribution in [0.2, 0.25) is 0 Å². The van der Waals surface area contributed by atoms with Crippen molar-refractivity contribution in [2.75, 3.05) is 6.61 Å². The van der Waals surface area contributed by atoms with E-state index in [4.69, 9.17) is 4.74 Å². The highest BCUT2D eigenvalue weighted by Gasteiger charge is 2.24. The first-order valence-corrected chi connectivity index (χ1v) is 31.1. The van der Waals surface area contributed by atoms with Gasteiger partial charge in [0.25, 0.3) is 0 Å². The molecule has 0 rings (SSSR count). The van der Waals surface area contributed by atoms with E-state index in [0.717, 1.165) is 57.8 Å². The minimum absolute atomic E-state index is 0.0736. The second-order valence-corrected chi connectivity index (χ2v) is 21.5. The monoisotopic (exact) mass is 972 g/mol. The first-order chi connectivity index (χ1) is 34.0. The van der Waals surface area contributed by atoms with E-state index >= 15 is 0 Å². The van der Waals surface area contributed by atoms with Gasteiger partial charge in [-0.05, 0) is 51.4 Å². The highest BCUT2D eigenvalue weighted by molar-refractivity contribution is 5.77. The van der Waals surface area contributed by atoms with Gasteiger partial charge in [-0.25, -0.2) is 0 Å². The van der Waals surface area contributed by atoms with E-state index in [0.29, 0.717) is 19.3 Å². The van der Waals surface area contributed by atoms with Gasteiger partial charge < -0.3 is 20.3 Å². The highest BCUT2D eigenvalue weighted by Crippen LogP contribution is 2.19. The summed E-state index contributed by atoms with van der Waals surface area (Å²) in [6.45, 7) is 6.53. The molecule has 0 radical (unpaired) electrons. The molecule has 0 aliphatic heterocycles. The summed E-state index contributed by atoms with van der Waals surface area (Å²) >= 11 is 0. The van der Waals surface area contributed by atoms with Gasteiger partial charge in [0.1, 0.15) is 6.10 Å². The number of carbonyl (C=O) groups is 2. The molecule has 0 aromatic heterocycles. The zero-order valence-corrected chi connectivity index (χ0v) is 46.7.